The second-order valence-electron chi connectivity index (χ2n) is 3.61. The number of nitrogens with two attached hydrogens (primary N) is 1. The highest BCUT2D eigenvalue weighted by Gasteiger charge is 2.20. The van der Waals surface area contributed by atoms with Crippen molar-refractivity contribution in [3.63, 3.8) is 0 Å². The summed E-state index contributed by atoms with van der Waals surface area (Å²) in [5.74, 6) is 2.27. The fraction of sp³-hybridized carbons (Fsp3) is 0.333. The molecule has 19 heavy (non-hydrogen) atoms. The van der Waals surface area contributed by atoms with Gasteiger partial charge in [0.15, 0.2) is 0 Å². The van der Waals surface area contributed by atoms with Crippen molar-refractivity contribution in [3.8, 4) is 28.7 Å². The molecule has 0 bridgehead atoms. The Morgan fingerprint density at radius 3 is 2.11 bits per heavy atom. The lowest BCUT2D eigenvalue weighted by Crippen LogP contribution is -1.95. The molecule has 0 fully saturated rings. The van der Waals surface area contributed by atoms with Gasteiger partial charge in [-0.15, -0.1) is 10.2 Å². The Balaban J connectivity index is 2.59. The fourth-order valence-electron chi connectivity index (χ4n) is 1.65. The van der Waals surface area contributed by atoms with E-state index in [0.717, 1.165) is 0 Å². The van der Waals surface area contributed by atoms with E-state index in [9.17, 15) is 0 Å². The largest absolute Gasteiger partial charge is 0.496 e. The first kappa shape index (κ1) is 13.2. The highest BCUT2D eigenvalue weighted by Crippen LogP contribution is 2.40. The molecule has 7 heteroatoms. The maximum Gasteiger partial charge on any atom is 0.255 e. The van der Waals surface area contributed by atoms with Crippen LogP contribution >= 0.6 is 0 Å². The standard InChI is InChI=1S/C12H15N3O4/c1-16-7-4-8(17-2)11(9(5-7)18-3)12-15-14-10(6-13)19-12/h4-5H,6,13H2,1-3H3. The lowest BCUT2D eigenvalue weighted by Gasteiger charge is -2.12. The van der Waals surface area contributed by atoms with Crippen LogP contribution in [0.5, 0.6) is 17.2 Å². The Morgan fingerprint density at radius 1 is 1.05 bits per heavy atom. The molecule has 0 aliphatic heterocycles. The predicted octanol–water partition coefficient (Wildman–Crippen LogP) is 1.22. The van der Waals surface area contributed by atoms with Crippen molar-refractivity contribution < 1.29 is 18.6 Å². The summed E-state index contributed by atoms with van der Waals surface area (Å²) in [6.07, 6.45) is 0. The molecule has 0 aliphatic rings. The van der Waals surface area contributed by atoms with Gasteiger partial charge in [0, 0.05) is 12.1 Å². The first-order valence-electron chi connectivity index (χ1n) is 5.56. The smallest absolute Gasteiger partial charge is 0.255 e. The van der Waals surface area contributed by atoms with Gasteiger partial charge >= 0.3 is 0 Å². The summed E-state index contributed by atoms with van der Waals surface area (Å²) in [6, 6.07) is 3.42. The van der Waals surface area contributed by atoms with Crippen molar-refractivity contribution in [3.05, 3.63) is 18.0 Å². The lowest BCUT2D eigenvalue weighted by atomic mass is 10.1. The maximum atomic E-state index is 5.45. The number of aromatic nitrogens is 2. The highest BCUT2D eigenvalue weighted by molar-refractivity contribution is 5.72. The van der Waals surface area contributed by atoms with Gasteiger partial charge in [0.05, 0.1) is 27.9 Å². The average Bonchev–Trinajstić information content (AvgIpc) is 2.94. The number of benzene rings is 1. The number of hydrogen-bond donors (Lipinski definition) is 1. The molecule has 1 heterocycles. The molecule has 102 valence electrons. The molecule has 0 radical (unpaired) electrons. The van der Waals surface area contributed by atoms with Crippen LogP contribution in [0.3, 0.4) is 0 Å². The quantitative estimate of drug-likeness (QED) is 0.868. The van der Waals surface area contributed by atoms with Gasteiger partial charge < -0.3 is 24.4 Å². The van der Waals surface area contributed by atoms with Gasteiger partial charge in [0.2, 0.25) is 5.89 Å². The second-order valence-corrected chi connectivity index (χ2v) is 3.61. The van der Waals surface area contributed by atoms with Gasteiger partial charge in [-0.05, 0) is 0 Å². The number of methoxy groups -OCH3 is 3. The van der Waals surface area contributed by atoms with E-state index in [2.05, 4.69) is 10.2 Å². The molecule has 0 atom stereocenters. The summed E-state index contributed by atoms with van der Waals surface area (Å²) >= 11 is 0. The van der Waals surface area contributed by atoms with Crippen LogP contribution in [-0.2, 0) is 6.54 Å². The van der Waals surface area contributed by atoms with Crippen LogP contribution in [0.1, 0.15) is 5.89 Å². The molecule has 0 saturated carbocycles. The second kappa shape index (κ2) is 5.57. The van der Waals surface area contributed by atoms with Gasteiger partial charge in [0.1, 0.15) is 22.8 Å². The summed E-state index contributed by atoms with van der Waals surface area (Å²) in [5, 5.41) is 7.75. The van der Waals surface area contributed by atoms with Crippen LogP contribution in [0.25, 0.3) is 11.5 Å². The van der Waals surface area contributed by atoms with Crippen LogP contribution in [0.4, 0.5) is 0 Å². The van der Waals surface area contributed by atoms with Crippen molar-refractivity contribution in [2.24, 2.45) is 5.73 Å². The molecule has 7 nitrogen and oxygen atoms in total. The predicted molar refractivity (Wildman–Crippen MR) is 67.3 cm³/mol. The van der Waals surface area contributed by atoms with E-state index in [1.54, 1.807) is 19.2 Å². The van der Waals surface area contributed by atoms with Crippen LogP contribution in [-0.4, -0.2) is 31.5 Å². The first-order valence-corrected chi connectivity index (χ1v) is 5.56. The van der Waals surface area contributed by atoms with E-state index < -0.39 is 0 Å². The molecule has 2 aromatic rings. The summed E-state index contributed by atoms with van der Waals surface area (Å²) in [7, 11) is 4.64. The number of rotatable bonds is 5. The molecular formula is C12H15N3O4. The van der Waals surface area contributed by atoms with E-state index in [1.165, 1.54) is 14.2 Å². The van der Waals surface area contributed by atoms with Crippen molar-refractivity contribution >= 4 is 0 Å². The van der Waals surface area contributed by atoms with E-state index >= 15 is 0 Å². The summed E-state index contributed by atoms with van der Waals surface area (Å²) in [4.78, 5) is 0. The first-order chi connectivity index (χ1) is 9.23. The van der Waals surface area contributed by atoms with E-state index in [0.29, 0.717) is 28.7 Å². The zero-order chi connectivity index (χ0) is 13.8. The normalized spacial score (nSPS) is 10.3. The van der Waals surface area contributed by atoms with Gasteiger partial charge in [-0.2, -0.15) is 0 Å². The minimum Gasteiger partial charge on any atom is -0.496 e. The topological polar surface area (TPSA) is 92.6 Å². The zero-order valence-electron chi connectivity index (χ0n) is 11.0. The minimum absolute atomic E-state index is 0.174. The Labute approximate surface area is 110 Å². The van der Waals surface area contributed by atoms with Crippen molar-refractivity contribution in [1.29, 1.82) is 0 Å². The summed E-state index contributed by atoms with van der Waals surface area (Å²) in [5.41, 5.74) is 6.02. The SMILES string of the molecule is COc1cc(OC)c(-c2nnc(CN)o2)c(OC)c1. The Kier molecular flexibility index (Phi) is 3.86. The van der Waals surface area contributed by atoms with Gasteiger partial charge in [-0.3, -0.25) is 0 Å². The molecule has 2 N–H and O–H groups in total. The molecule has 0 aliphatic carbocycles. The molecule has 1 aromatic carbocycles. The Hall–Kier alpha value is -2.28. The molecular weight excluding hydrogens is 250 g/mol. The van der Waals surface area contributed by atoms with Crippen molar-refractivity contribution in [2.45, 2.75) is 6.54 Å². The third kappa shape index (κ3) is 2.45. The van der Waals surface area contributed by atoms with Crippen LogP contribution in [0.15, 0.2) is 16.5 Å². The molecule has 0 amide bonds. The Morgan fingerprint density at radius 2 is 1.68 bits per heavy atom. The van der Waals surface area contributed by atoms with Crippen LogP contribution in [0, 0.1) is 0 Å². The fourth-order valence-corrected chi connectivity index (χ4v) is 1.65. The van der Waals surface area contributed by atoms with E-state index in [-0.39, 0.29) is 12.4 Å². The third-order valence-corrected chi connectivity index (χ3v) is 2.57. The molecule has 1 aromatic heterocycles. The minimum atomic E-state index is 0.174. The highest BCUT2D eigenvalue weighted by atomic mass is 16.5. The molecule has 0 spiro atoms. The maximum absolute atomic E-state index is 5.45. The van der Waals surface area contributed by atoms with Gasteiger partial charge in [0.25, 0.3) is 5.89 Å². The summed E-state index contributed by atoms with van der Waals surface area (Å²) < 4.78 is 21.2. The van der Waals surface area contributed by atoms with Gasteiger partial charge in [-0.1, -0.05) is 0 Å². The van der Waals surface area contributed by atoms with Crippen LogP contribution < -0.4 is 19.9 Å². The van der Waals surface area contributed by atoms with E-state index in [1.807, 2.05) is 0 Å². The molecule has 0 unspecified atom stereocenters. The van der Waals surface area contributed by atoms with E-state index in [4.69, 9.17) is 24.4 Å². The zero-order valence-corrected chi connectivity index (χ0v) is 11.0. The number of ether oxygens (including phenoxy) is 3. The summed E-state index contributed by atoms with van der Waals surface area (Å²) in [6.45, 7) is 0.174. The van der Waals surface area contributed by atoms with Gasteiger partial charge in [-0.25, -0.2) is 0 Å². The molecule has 0 saturated heterocycles. The average molecular weight is 265 g/mol. The van der Waals surface area contributed by atoms with Crippen molar-refractivity contribution in [1.82, 2.24) is 10.2 Å². The Bertz CT molecular complexity index is 543. The monoisotopic (exact) mass is 265 g/mol. The third-order valence-electron chi connectivity index (χ3n) is 2.57. The molecule has 2 rings (SSSR count). The number of hydrogen-bond acceptors (Lipinski definition) is 7. The number of nitrogens with zero attached hydrogens (tertiary/aromatic N) is 2. The lowest BCUT2D eigenvalue weighted by molar-refractivity contribution is 0.375. The van der Waals surface area contributed by atoms with Crippen molar-refractivity contribution in [2.75, 3.05) is 21.3 Å². The van der Waals surface area contributed by atoms with Crippen LogP contribution in [0.2, 0.25) is 0 Å².